The summed E-state index contributed by atoms with van der Waals surface area (Å²) in [5.41, 5.74) is 2.95. The number of fused-ring (bicyclic) bond motifs is 1. The van der Waals surface area contributed by atoms with E-state index in [0.717, 1.165) is 16.6 Å². The van der Waals surface area contributed by atoms with Crippen molar-refractivity contribution in [3.8, 4) is 0 Å². The van der Waals surface area contributed by atoms with Crippen LogP contribution >= 0.6 is 11.8 Å². The largest absolute Gasteiger partial charge is 0.328 e. The molecule has 1 fully saturated rings. The molecule has 29 heavy (non-hydrogen) atoms. The van der Waals surface area contributed by atoms with Crippen molar-refractivity contribution in [3.63, 3.8) is 0 Å². The lowest BCUT2D eigenvalue weighted by Gasteiger charge is -2.11. The van der Waals surface area contributed by atoms with Crippen molar-refractivity contribution in [2.75, 3.05) is 6.54 Å². The van der Waals surface area contributed by atoms with Crippen LogP contribution in [0.15, 0.2) is 57.2 Å². The predicted octanol–water partition coefficient (Wildman–Crippen LogP) is 3.64. The predicted molar refractivity (Wildman–Crippen MR) is 115 cm³/mol. The monoisotopic (exact) mass is 410 g/mol. The fraction of sp³-hybridized carbons (Fsp3) is 0.190. The lowest BCUT2D eigenvalue weighted by Crippen LogP contribution is -2.28. The number of imidazole rings is 1. The first kappa shape index (κ1) is 19.2. The van der Waals surface area contributed by atoms with Gasteiger partial charge in [-0.25, -0.2) is 14.2 Å². The normalized spacial score (nSPS) is 17.2. The highest BCUT2D eigenvalue weighted by atomic mass is 32.2. The summed E-state index contributed by atoms with van der Waals surface area (Å²) in [4.78, 5) is 31.6. The van der Waals surface area contributed by atoms with Crippen LogP contribution in [-0.2, 0) is 18.9 Å². The molecule has 1 amide bonds. The number of amides is 1. The number of rotatable bonds is 3. The zero-order valence-corrected chi connectivity index (χ0v) is 17.0. The van der Waals surface area contributed by atoms with Gasteiger partial charge in [-0.05, 0) is 66.7 Å². The van der Waals surface area contributed by atoms with Crippen LogP contribution in [0.5, 0.6) is 0 Å². The smallest absolute Gasteiger partial charge is 0.295 e. The fourth-order valence-corrected chi connectivity index (χ4v) is 4.32. The van der Waals surface area contributed by atoms with Gasteiger partial charge in [-0.3, -0.25) is 18.8 Å². The van der Waals surface area contributed by atoms with Gasteiger partial charge >= 0.3 is 5.69 Å². The van der Waals surface area contributed by atoms with E-state index >= 15 is 0 Å². The van der Waals surface area contributed by atoms with Crippen LogP contribution in [0.25, 0.3) is 17.1 Å². The van der Waals surface area contributed by atoms with Gasteiger partial charge in [0.25, 0.3) is 5.91 Å². The average Bonchev–Trinajstić information content (AvgIpc) is 3.12. The van der Waals surface area contributed by atoms with Crippen LogP contribution in [0.4, 0.5) is 10.1 Å². The molecule has 2 heterocycles. The van der Waals surface area contributed by atoms with Gasteiger partial charge in [0.1, 0.15) is 5.82 Å². The lowest BCUT2D eigenvalue weighted by atomic mass is 10.2. The Labute approximate surface area is 171 Å². The quantitative estimate of drug-likeness (QED) is 0.620. The molecule has 1 saturated heterocycles. The average molecular weight is 410 g/mol. The number of thioether (sulfide) groups is 1. The van der Waals surface area contributed by atoms with Gasteiger partial charge in [0.2, 0.25) is 0 Å². The van der Waals surface area contributed by atoms with Crippen LogP contribution in [0, 0.1) is 5.82 Å². The number of halogens is 1. The molecular formula is C21H19FN4O2S. The van der Waals surface area contributed by atoms with Crippen LogP contribution in [0.1, 0.15) is 12.5 Å². The Bertz CT molecular complexity index is 1240. The molecule has 0 bridgehead atoms. The summed E-state index contributed by atoms with van der Waals surface area (Å²) >= 11 is 1.28. The van der Waals surface area contributed by atoms with Gasteiger partial charge in [-0.15, -0.1) is 0 Å². The van der Waals surface area contributed by atoms with Crippen molar-refractivity contribution in [2.24, 2.45) is 19.1 Å². The van der Waals surface area contributed by atoms with Crippen LogP contribution in [0.2, 0.25) is 0 Å². The van der Waals surface area contributed by atoms with Gasteiger partial charge in [0, 0.05) is 20.6 Å². The van der Waals surface area contributed by atoms with Crippen molar-refractivity contribution in [1.82, 2.24) is 14.0 Å². The molecule has 1 aliphatic heterocycles. The minimum Gasteiger partial charge on any atom is -0.295 e. The molecule has 0 N–H and O–H groups in total. The number of aromatic nitrogens is 2. The second kappa shape index (κ2) is 7.36. The van der Waals surface area contributed by atoms with E-state index in [1.54, 1.807) is 46.3 Å². The first-order valence-corrected chi connectivity index (χ1v) is 9.92. The van der Waals surface area contributed by atoms with Crippen molar-refractivity contribution in [3.05, 3.63) is 69.2 Å². The number of amidine groups is 1. The number of carbonyl (C=O) groups is 1. The molecule has 8 heteroatoms. The van der Waals surface area contributed by atoms with Crippen LogP contribution in [-0.4, -0.2) is 31.7 Å². The maximum Gasteiger partial charge on any atom is 0.328 e. The molecule has 1 aromatic heterocycles. The van der Waals surface area contributed by atoms with E-state index in [4.69, 9.17) is 0 Å². The standard InChI is InChI=1S/C21H19FN4O2S/c1-4-26-19(27)18(29-20(26)23-15-8-6-14(22)7-9-15)12-13-5-10-16-17(11-13)25(3)21(28)24(16)2/h5-12H,4H2,1-3H3/b18-12+,23-20?. The van der Waals surface area contributed by atoms with Crippen molar-refractivity contribution in [2.45, 2.75) is 6.92 Å². The number of nitrogens with zero attached hydrogens (tertiary/aromatic N) is 4. The Morgan fingerprint density at radius 2 is 1.72 bits per heavy atom. The summed E-state index contributed by atoms with van der Waals surface area (Å²) in [5.74, 6) is -0.455. The fourth-order valence-electron chi connectivity index (χ4n) is 3.26. The highest BCUT2D eigenvalue weighted by Gasteiger charge is 2.32. The van der Waals surface area contributed by atoms with Crippen molar-refractivity contribution >= 4 is 45.6 Å². The highest BCUT2D eigenvalue weighted by Crippen LogP contribution is 2.34. The summed E-state index contributed by atoms with van der Waals surface area (Å²) in [6.45, 7) is 2.36. The Kier molecular flexibility index (Phi) is 4.87. The van der Waals surface area contributed by atoms with E-state index in [2.05, 4.69) is 4.99 Å². The first-order valence-electron chi connectivity index (χ1n) is 9.10. The topological polar surface area (TPSA) is 59.6 Å². The minimum absolute atomic E-state index is 0.0954. The van der Waals surface area contributed by atoms with Gasteiger partial charge in [0.15, 0.2) is 5.17 Å². The third-order valence-electron chi connectivity index (χ3n) is 4.85. The maximum atomic E-state index is 13.1. The summed E-state index contributed by atoms with van der Waals surface area (Å²) in [5, 5.41) is 0.559. The lowest BCUT2D eigenvalue weighted by molar-refractivity contribution is -0.122. The third kappa shape index (κ3) is 3.40. The Balaban J connectivity index is 1.71. The SMILES string of the molecule is CCN1C(=O)/C(=C\c2ccc3c(c2)n(C)c(=O)n3C)SC1=Nc1ccc(F)cc1. The van der Waals surface area contributed by atoms with E-state index in [0.29, 0.717) is 22.3 Å². The van der Waals surface area contributed by atoms with Crippen LogP contribution < -0.4 is 5.69 Å². The van der Waals surface area contributed by atoms with Crippen molar-refractivity contribution < 1.29 is 9.18 Å². The second-order valence-electron chi connectivity index (χ2n) is 6.68. The number of hydrogen-bond donors (Lipinski definition) is 0. The second-order valence-corrected chi connectivity index (χ2v) is 7.69. The molecule has 4 rings (SSSR count). The number of aryl methyl sites for hydroxylation is 2. The van der Waals surface area contributed by atoms with Gasteiger partial charge < -0.3 is 0 Å². The molecule has 0 spiro atoms. The number of carbonyl (C=O) groups excluding carboxylic acids is 1. The zero-order chi connectivity index (χ0) is 20.7. The molecule has 3 aromatic rings. The number of likely N-dealkylation sites (N-methyl/N-ethyl adjacent to an activating group) is 1. The Morgan fingerprint density at radius 1 is 1.03 bits per heavy atom. The molecule has 1 aliphatic rings. The first-order chi connectivity index (χ1) is 13.9. The van der Waals surface area contributed by atoms with Gasteiger partial charge in [0.05, 0.1) is 21.6 Å². The molecular weight excluding hydrogens is 391 g/mol. The van der Waals surface area contributed by atoms with E-state index in [1.165, 1.54) is 23.9 Å². The summed E-state index contributed by atoms with van der Waals surface area (Å²) < 4.78 is 16.3. The Hall–Kier alpha value is -3.13. The molecule has 0 radical (unpaired) electrons. The number of aliphatic imine (C=N–C) groups is 1. The summed E-state index contributed by atoms with van der Waals surface area (Å²) in [6, 6.07) is 11.5. The zero-order valence-electron chi connectivity index (χ0n) is 16.2. The number of benzene rings is 2. The van der Waals surface area contributed by atoms with Gasteiger partial charge in [-0.2, -0.15) is 0 Å². The van der Waals surface area contributed by atoms with E-state index < -0.39 is 0 Å². The van der Waals surface area contributed by atoms with E-state index in [9.17, 15) is 14.0 Å². The Morgan fingerprint density at radius 3 is 2.41 bits per heavy atom. The molecule has 0 unspecified atom stereocenters. The van der Waals surface area contributed by atoms with Gasteiger partial charge in [-0.1, -0.05) is 6.07 Å². The molecule has 0 aliphatic carbocycles. The summed E-state index contributed by atoms with van der Waals surface area (Å²) in [6.07, 6.45) is 1.81. The molecule has 148 valence electrons. The molecule has 0 atom stereocenters. The van der Waals surface area contributed by atoms with E-state index in [-0.39, 0.29) is 17.4 Å². The van der Waals surface area contributed by atoms with Crippen molar-refractivity contribution in [1.29, 1.82) is 0 Å². The molecule has 6 nitrogen and oxygen atoms in total. The van der Waals surface area contributed by atoms with Crippen LogP contribution in [0.3, 0.4) is 0 Å². The molecule has 2 aromatic carbocycles. The number of hydrogen-bond acceptors (Lipinski definition) is 4. The van der Waals surface area contributed by atoms with E-state index in [1.807, 2.05) is 25.1 Å². The molecule has 0 saturated carbocycles. The maximum absolute atomic E-state index is 13.1. The summed E-state index contributed by atoms with van der Waals surface area (Å²) in [7, 11) is 3.46. The highest BCUT2D eigenvalue weighted by molar-refractivity contribution is 8.18. The third-order valence-corrected chi connectivity index (χ3v) is 5.86. The minimum atomic E-state index is -0.331.